The molecule has 1 saturated heterocycles. The van der Waals surface area contributed by atoms with E-state index in [0.29, 0.717) is 12.8 Å². The van der Waals surface area contributed by atoms with E-state index in [9.17, 15) is 24.0 Å². The maximum Gasteiger partial charge on any atom is 0.305 e. The van der Waals surface area contributed by atoms with Crippen LogP contribution in [0.1, 0.15) is 59.8 Å². The molecule has 1 unspecified atom stereocenters. The minimum atomic E-state index is -1.36. The van der Waals surface area contributed by atoms with Crippen molar-refractivity contribution >= 4 is 29.8 Å². The Morgan fingerprint density at radius 2 is 1.34 bits per heavy atom. The van der Waals surface area contributed by atoms with Crippen molar-refractivity contribution in [1.29, 1.82) is 0 Å². The maximum absolute atomic E-state index is 12.9. The molecule has 1 aliphatic heterocycles. The summed E-state index contributed by atoms with van der Waals surface area (Å²) >= 11 is 0. The summed E-state index contributed by atoms with van der Waals surface area (Å²) in [6.07, 6.45) is -0.648. The van der Waals surface area contributed by atoms with Crippen molar-refractivity contribution in [2.24, 2.45) is 5.92 Å². The van der Waals surface area contributed by atoms with Crippen molar-refractivity contribution in [1.82, 2.24) is 5.32 Å². The number of carbonyl (C=O) groups excluding carboxylic acids is 5. The lowest BCUT2D eigenvalue weighted by Crippen LogP contribution is -2.67. The highest BCUT2D eigenvalue weighted by Crippen LogP contribution is 2.29. The Morgan fingerprint density at radius 1 is 0.781 bits per heavy atom. The minimum absolute atomic E-state index is 0.245. The van der Waals surface area contributed by atoms with Crippen LogP contribution in [-0.2, 0) is 47.7 Å². The maximum atomic E-state index is 12.9. The first kappa shape index (κ1) is 25.6. The van der Waals surface area contributed by atoms with Crippen LogP contribution >= 0.6 is 0 Å². The summed E-state index contributed by atoms with van der Waals surface area (Å²) in [5.41, 5.74) is 0. The first-order chi connectivity index (χ1) is 15.1. The van der Waals surface area contributed by atoms with Crippen LogP contribution in [0.4, 0.5) is 0 Å². The Bertz CT molecular complexity index is 717. The fourth-order valence-corrected chi connectivity index (χ4v) is 3.97. The summed E-state index contributed by atoms with van der Waals surface area (Å²) in [6, 6.07) is -1.14. The van der Waals surface area contributed by atoms with Gasteiger partial charge in [0.15, 0.2) is 12.2 Å². The van der Waals surface area contributed by atoms with Crippen LogP contribution in [0.15, 0.2) is 0 Å². The zero-order chi connectivity index (χ0) is 23.8. The number of carbonyl (C=O) groups is 5. The van der Waals surface area contributed by atoms with Gasteiger partial charge < -0.3 is 29.0 Å². The van der Waals surface area contributed by atoms with E-state index in [1.807, 2.05) is 0 Å². The molecule has 2 fully saturated rings. The third-order valence-electron chi connectivity index (χ3n) is 5.27. The molecule has 180 valence electrons. The van der Waals surface area contributed by atoms with E-state index in [2.05, 4.69) is 5.32 Å². The van der Waals surface area contributed by atoms with Crippen LogP contribution in [0.25, 0.3) is 0 Å². The van der Waals surface area contributed by atoms with Crippen LogP contribution in [0, 0.1) is 5.92 Å². The van der Waals surface area contributed by atoms with Crippen LogP contribution in [-0.4, -0.2) is 67.0 Å². The number of hydrogen-bond donors (Lipinski definition) is 1. The number of hydrogen-bond acceptors (Lipinski definition) is 10. The first-order valence-electron chi connectivity index (χ1n) is 10.7. The van der Waals surface area contributed by atoms with Crippen LogP contribution in [0.5, 0.6) is 0 Å². The Balaban J connectivity index is 2.37. The van der Waals surface area contributed by atoms with Crippen molar-refractivity contribution < 1.29 is 47.7 Å². The molecule has 0 spiro atoms. The van der Waals surface area contributed by atoms with Crippen molar-refractivity contribution in [3.05, 3.63) is 0 Å². The van der Waals surface area contributed by atoms with Crippen LogP contribution < -0.4 is 5.32 Å². The van der Waals surface area contributed by atoms with Crippen LogP contribution in [0.2, 0.25) is 0 Å². The van der Waals surface area contributed by atoms with Gasteiger partial charge in [-0.05, 0) is 12.8 Å². The van der Waals surface area contributed by atoms with E-state index in [4.69, 9.17) is 23.7 Å². The first-order valence-corrected chi connectivity index (χ1v) is 10.7. The summed E-state index contributed by atoms with van der Waals surface area (Å²) in [5.74, 6) is -3.27. The highest BCUT2D eigenvalue weighted by molar-refractivity contribution is 5.79. The lowest BCUT2D eigenvalue weighted by atomic mass is 9.88. The molecule has 32 heavy (non-hydrogen) atoms. The van der Waals surface area contributed by atoms with Gasteiger partial charge in [-0.3, -0.25) is 24.0 Å². The Morgan fingerprint density at radius 3 is 1.88 bits per heavy atom. The summed E-state index contributed by atoms with van der Waals surface area (Å²) in [5, 5.41) is 2.77. The van der Waals surface area contributed by atoms with Crippen molar-refractivity contribution in [2.75, 3.05) is 6.61 Å². The highest BCUT2D eigenvalue weighted by atomic mass is 16.7. The number of rotatable bonds is 7. The zero-order valence-corrected chi connectivity index (χ0v) is 18.8. The molecule has 2 aliphatic rings. The van der Waals surface area contributed by atoms with E-state index in [1.54, 1.807) is 0 Å². The summed E-state index contributed by atoms with van der Waals surface area (Å²) in [4.78, 5) is 59.6. The molecule has 5 atom stereocenters. The molecule has 0 radical (unpaired) electrons. The molecule has 1 amide bonds. The van der Waals surface area contributed by atoms with Gasteiger partial charge >= 0.3 is 23.9 Å². The highest BCUT2D eigenvalue weighted by Gasteiger charge is 2.52. The molecule has 0 aromatic carbocycles. The fraction of sp³-hybridized carbons (Fsp3) is 0.762. The summed E-state index contributed by atoms with van der Waals surface area (Å²) in [6.45, 7) is 4.29. The van der Waals surface area contributed by atoms with E-state index in [0.717, 1.165) is 40.0 Å². The minimum Gasteiger partial charge on any atom is -0.463 e. The molecule has 1 saturated carbocycles. The summed E-state index contributed by atoms with van der Waals surface area (Å²) < 4.78 is 26.8. The third-order valence-corrected chi connectivity index (χ3v) is 5.27. The average molecular weight is 457 g/mol. The molecule has 1 N–H and O–H groups in total. The van der Waals surface area contributed by atoms with Gasteiger partial charge in [0.2, 0.25) is 12.2 Å². The second kappa shape index (κ2) is 11.8. The lowest BCUT2D eigenvalue weighted by Gasteiger charge is -2.44. The SMILES string of the molecule is CC(=O)OC[C@H]1OC(OC(C)=O)[C@@H](NC(=O)C2CCCCC2)[C@@H](OC(C)=O)[C@@H]1OC(C)=O. The zero-order valence-electron chi connectivity index (χ0n) is 18.8. The fourth-order valence-electron chi connectivity index (χ4n) is 3.97. The molecule has 11 nitrogen and oxygen atoms in total. The Kier molecular flexibility index (Phi) is 9.42. The van der Waals surface area contributed by atoms with E-state index in [-0.39, 0.29) is 18.4 Å². The molecule has 11 heteroatoms. The predicted molar refractivity (Wildman–Crippen MR) is 107 cm³/mol. The number of nitrogens with one attached hydrogen (secondary N) is 1. The van der Waals surface area contributed by atoms with Crippen molar-refractivity contribution in [2.45, 2.75) is 90.4 Å². The topological polar surface area (TPSA) is 144 Å². The monoisotopic (exact) mass is 457 g/mol. The smallest absolute Gasteiger partial charge is 0.305 e. The van der Waals surface area contributed by atoms with Crippen molar-refractivity contribution in [3.63, 3.8) is 0 Å². The van der Waals surface area contributed by atoms with Gasteiger partial charge in [-0.2, -0.15) is 0 Å². The second-order valence-electron chi connectivity index (χ2n) is 7.97. The molecular weight excluding hydrogens is 426 g/mol. The molecular formula is C21H31NO10. The Hall–Kier alpha value is -2.69. The van der Waals surface area contributed by atoms with Gasteiger partial charge in [-0.25, -0.2) is 0 Å². The van der Waals surface area contributed by atoms with Gasteiger partial charge in [-0.15, -0.1) is 0 Å². The van der Waals surface area contributed by atoms with Crippen molar-refractivity contribution in [3.8, 4) is 0 Å². The number of ether oxygens (including phenoxy) is 5. The predicted octanol–water partition coefficient (Wildman–Crippen LogP) is 0.766. The Labute approximate surface area is 186 Å². The number of esters is 4. The number of amides is 1. The standard InChI is InChI=1S/C21H31NO10/c1-11(23)28-10-16-18(29-12(2)24)19(30-13(3)25)17(21(32-16)31-14(4)26)22-20(27)15-8-6-5-7-9-15/h15-19,21H,5-10H2,1-4H3,(H,22,27)/t16-,17+,18-,19-,21?/m1/s1. The third kappa shape index (κ3) is 7.47. The van der Waals surface area contributed by atoms with Gasteiger partial charge in [0.1, 0.15) is 18.8 Å². The molecule has 1 aliphatic carbocycles. The van der Waals surface area contributed by atoms with Gasteiger partial charge in [-0.1, -0.05) is 19.3 Å². The van der Waals surface area contributed by atoms with Crippen LogP contribution in [0.3, 0.4) is 0 Å². The van der Waals surface area contributed by atoms with E-state index < -0.39 is 54.5 Å². The van der Waals surface area contributed by atoms with E-state index >= 15 is 0 Å². The van der Waals surface area contributed by atoms with Gasteiger partial charge in [0.05, 0.1) is 0 Å². The average Bonchev–Trinajstić information content (AvgIpc) is 2.70. The molecule has 0 aromatic heterocycles. The van der Waals surface area contributed by atoms with Gasteiger partial charge in [0, 0.05) is 33.6 Å². The molecule has 2 rings (SSSR count). The molecule has 0 bridgehead atoms. The second-order valence-corrected chi connectivity index (χ2v) is 7.97. The lowest BCUT2D eigenvalue weighted by molar-refractivity contribution is -0.271. The largest absolute Gasteiger partial charge is 0.463 e. The van der Waals surface area contributed by atoms with Gasteiger partial charge in [0.25, 0.3) is 0 Å². The van der Waals surface area contributed by atoms with E-state index in [1.165, 1.54) is 6.92 Å². The quantitative estimate of drug-likeness (QED) is 0.430. The summed E-state index contributed by atoms with van der Waals surface area (Å²) in [7, 11) is 0. The molecule has 0 aromatic rings. The normalized spacial score (nSPS) is 28.2. The molecule has 1 heterocycles.